The van der Waals surface area contributed by atoms with Gasteiger partial charge in [-0.25, -0.2) is 0 Å². The molecule has 20 heavy (non-hydrogen) atoms. The molecule has 0 saturated heterocycles. The summed E-state index contributed by atoms with van der Waals surface area (Å²) in [5.74, 6) is 0.509. The van der Waals surface area contributed by atoms with E-state index >= 15 is 0 Å². The molecule has 2 nitrogen and oxygen atoms in total. The third-order valence-electron chi connectivity index (χ3n) is 2.63. The molecule has 0 bridgehead atoms. The molecule has 0 heterocycles. The van der Waals surface area contributed by atoms with Crippen LogP contribution in [0, 0.1) is 0 Å². The molecule has 0 aliphatic rings. The summed E-state index contributed by atoms with van der Waals surface area (Å²) in [6.07, 6.45) is -4.24. The van der Waals surface area contributed by atoms with Crippen molar-refractivity contribution >= 4 is 11.8 Å². The standard InChI is InChI=1S/C14H20F3NOS/c1-3-18-11(2)12-5-4-6-13(9-12)20-8-7-19-10-14(15,16)17/h4-6,9,11,18H,3,7-8,10H2,1-2H3. The highest BCUT2D eigenvalue weighted by atomic mass is 32.2. The van der Waals surface area contributed by atoms with Crippen molar-refractivity contribution in [3.8, 4) is 0 Å². The smallest absolute Gasteiger partial charge is 0.371 e. The lowest BCUT2D eigenvalue weighted by atomic mass is 10.1. The number of rotatable bonds is 8. The Kier molecular flexibility index (Phi) is 7.40. The second-order valence-electron chi connectivity index (χ2n) is 4.37. The Hall–Kier alpha value is -0.720. The van der Waals surface area contributed by atoms with Crippen LogP contribution in [0.3, 0.4) is 0 Å². The maximum atomic E-state index is 11.9. The van der Waals surface area contributed by atoms with Crippen molar-refractivity contribution in [2.45, 2.75) is 31.0 Å². The molecule has 1 rings (SSSR count). The van der Waals surface area contributed by atoms with Gasteiger partial charge in [0.2, 0.25) is 0 Å². The molecular weight excluding hydrogens is 287 g/mol. The number of hydrogen-bond acceptors (Lipinski definition) is 3. The Bertz CT molecular complexity index is 398. The molecule has 0 amide bonds. The zero-order valence-electron chi connectivity index (χ0n) is 11.7. The minimum Gasteiger partial charge on any atom is -0.371 e. The molecule has 0 radical (unpaired) electrons. The van der Waals surface area contributed by atoms with Gasteiger partial charge in [0.1, 0.15) is 6.61 Å². The SMILES string of the molecule is CCNC(C)c1cccc(SCCOCC(F)(F)F)c1. The third-order valence-corrected chi connectivity index (χ3v) is 3.59. The van der Waals surface area contributed by atoms with Crippen molar-refractivity contribution in [1.82, 2.24) is 5.32 Å². The molecule has 6 heteroatoms. The molecule has 0 aliphatic heterocycles. The highest BCUT2D eigenvalue weighted by Crippen LogP contribution is 2.22. The zero-order chi connectivity index (χ0) is 15.0. The molecule has 0 fully saturated rings. The summed E-state index contributed by atoms with van der Waals surface area (Å²) in [5, 5.41) is 3.32. The number of halogens is 3. The Balaban J connectivity index is 2.35. The molecule has 1 aromatic rings. The molecule has 1 unspecified atom stereocenters. The summed E-state index contributed by atoms with van der Waals surface area (Å²) in [4.78, 5) is 1.04. The lowest BCUT2D eigenvalue weighted by Gasteiger charge is -2.13. The van der Waals surface area contributed by atoms with Crippen molar-refractivity contribution in [3.63, 3.8) is 0 Å². The van der Waals surface area contributed by atoms with Crippen LogP contribution in [0.2, 0.25) is 0 Å². The van der Waals surface area contributed by atoms with Gasteiger partial charge < -0.3 is 10.1 Å². The van der Waals surface area contributed by atoms with Crippen LogP contribution in [-0.4, -0.2) is 31.7 Å². The van der Waals surface area contributed by atoms with Gasteiger partial charge in [0, 0.05) is 16.7 Å². The van der Waals surface area contributed by atoms with Gasteiger partial charge in [0.15, 0.2) is 0 Å². The van der Waals surface area contributed by atoms with E-state index in [1.165, 1.54) is 17.3 Å². The highest BCUT2D eigenvalue weighted by Gasteiger charge is 2.27. The fourth-order valence-corrected chi connectivity index (χ4v) is 2.54. The molecule has 0 spiro atoms. The van der Waals surface area contributed by atoms with E-state index in [1.54, 1.807) is 0 Å². The Morgan fingerprint density at radius 1 is 1.35 bits per heavy atom. The van der Waals surface area contributed by atoms with Crippen LogP contribution in [-0.2, 0) is 4.74 Å². The van der Waals surface area contributed by atoms with Crippen molar-refractivity contribution in [1.29, 1.82) is 0 Å². The van der Waals surface area contributed by atoms with E-state index < -0.39 is 12.8 Å². The van der Waals surface area contributed by atoms with E-state index in [2.05, 4.69) is 23.0 Å². The Morgan fingerprint density at radius 2 is 2.10 bits per heavy atom. The summed E-state index contributed by atoms with van der Waals surface area (Å²) in [6, 6.07) is 8.28. The predicted octanol–water partition coefficient (Wildman–Crippen LogP) is 4.03. The molecule has 0 aromatic heterocycles. The fourth-order valence-electron chi connectivity index (χ4n) is 1.70. The predicted molar refractivity (Wildman–Crippen MR) is 76.1 cm³/mol. The average Bonchev–Trinajstić information content (AvgIpc) is 2.37. The quantitative estimate of drug-likeness (QED) is 0.579. The average molecular weight is 307 g/mol. The number of benzene rings is 1. The van der Waals surface area contributed by atoms with Crippen LogP contribution in [0.15, 0.2) is 29.2 Å². The van der Waals surface area contributed by atoms with E-state index in [1.807, 2.05) is 25.1 Å². The summed E-state index contributed by atoms with van der Waals surface area (Å²) >= 11 is 1.50. The number of nitrogens with one attached hydrogen (secondary N) is 1. The van der Waals surface area contributed by atoms with Gasteiger partial charge in [-0.2, -0.15) is 13.2 Å². The monoisotopic (exact) mass is 307 g/mol. The summed E-state index contributed by atoms with van der Waals surface area (Å²) in [6.45, 7) is 3.94. The number of ether oxygens (including phenoxy) is 1. The van der Waals surface area contributed by atoms with Crippen molar-refractivity contribution in [2.24, 2.45) is 0 Å². The first-order valence-electron chi connectivity index (χ1n) is 6.53. The first-order valence-corrected chi connectivity index (χ1v) is 7.51. The molecule has 1 atom stereocenters. The van der Waals surface area contributed by atoms with Crippen molar-refractivity contribution in [2.75, 3.05) is 25.5 Å². The normalized spacial score (nSPS) is 13.4. The van der Waals surface area contributed by atoms with Gasteiger partial charge in [-0.05, 0) is 31.2 Å². The number of alkyl halides is 3. The number of thioether (sulfide) groups is 1. The fraction of sp³-hybridized carbons (Fsp3) is 0.571. The van der Waals surface area contributed by atoms with Crippen LogP contribution in [0.5, 0.6) is 0 Å². The maximum Gasteiger partial charge on any atom is 0.411 e. The number of hydrogen-bond donors (Lipinski definition) is 1. The Labute approximate surface area is 122 Å². The minimum atomic E-state index is -4.24. The molecular formula is C14H20F3NOS. The van der Waals surface area contributed by atoms with Crippen LogP contribution in [0.1, 0.15) is 25.5 Å². The Morgan fingerprint density at radius 3 is 2.75 bits per heavy atom. The lowest BCUT2D eigenvalue weighted by Crippen LogP contribution is -2.18. The lowest BCUT2D eigenvalue weighted by molar-refractivity contribution is -0.172. The summed E-state index contributed by atoms with van der Waals surface area (Å²) < 4.78 is 40.2. The van der Waals surface area contributed by atoms with E-state index in [-0.39, 0.29) is 12.6 Å². The second-order valence-corrected chi connectivity index (χ2v) is 5.54. The summed E-state index contributed by atoms with van der Waals surface area (Å²) in [5.41, 5.74) is 1.17. The minimum absolute atomic E-state index is 0.0944. The second kappa shape index (κ2) is 8.54. The van der Waals surface area contributed by atoms with Crippen molar-refractivity contribution < 1.29 is 17.9 Å². The van der Waals surface area contributed by atoms with E-state index in [0.717, 1.165) is 11.4 Å². The largest absolute Gasteiger partial charge is 0.411 e. The maximum absolute atomic E-state index is 11.9. The van der Waals surface area contributed by atoms with Gasteiger partial charge in [0.25, 0.3) is 0 Å². The molecule has 114 valence electrons. The highest BCUT2D eigenvalue weighted by molar-refractivity contribution is 7.99. The van der Waals surface area contributed by atoms with Gasteiger partial charge in [-0.1, -0.05) is 19.1 Å². The van der Waals surface area contributed by atoms with Crippen LogP contribution in [0.25, 0.3) is 0 Å². The van der Waals surface area contributed by atoms with Gasteiger partial charge in [-0.15, -0.1) is 11.8 Å². The first-order chi connectivity index (χ1) is 9.42. The first kappa shape index (κ1) is 17.3. The third kappa shape index (κ3) is 7.17. The molecule has 0 aliphatic carbocycles. The molecule has 1 N–H and O–H groups in total. The van der Waals surface area contributed by atoms with Crippen LogP contribution >= 0.6 is 11.8 Å². The summed E-state index contributed by atoms with van der Waals surface area (Å²) in [7, 11) is 0. The van der Waals surface area contributed by atoms with Crippen LogP contribution < -0.4 is 5.32 Å². The van der Waals surface area contributed by atoms with Crippen LogP contribution in [0.4, 0.5) is 13.2 Å². The van der Waals surface area contributed by atoms with Gasteiger partial charge >= 0.3 is 6.18 Å². The van der Waals surface area contributed by atoms with E-state index in [0.29, 0.717) is 5.75 Å². The van der Waals surface area contributed by atoms with Gasteiger partial charge in [0.05, 0.1) is 6.61 Å². The zero-order valence-corrected chi connectivity index (χ0v) is 12.5. The van der Waals surface area contributed by atoms with Crippen molar-refractivity contribution in [3.05, 3.63) is 29.8 Å². The topological polar surface area (TPSA) is 21.3 Å². The molecule has 1 aromatic carbocycles. The van der Waals surface area contributed by atoms with E-state index in [9.17, 15) is 13.2 Å². The van der Waals surface area contributed by atoms with Gasteiger partial charge in [-0.3, -0.25) is 0 Å². The van der Waals surface area contributed by atoms with E-state index in [4.69, 9.17) is 0 Å². The molecule has 0 saturated carbocycles.